The third kappa shape index (κ3) is 6.81. The zero-order valence-electron chi connectivity index (χ0n) is 15.4. The molecule has 1 aliphatic heterocycles. The average molecular weight is 397 g/mol. The van der Waals surface area contributed by atoms with E-state index in [1.807, 2.05) is 24.3 Å². The van der Waals surface area contributed by atoms with Crippen LogP contribution in [0.4, 0.5) is 0 Å². The molecule has 2 aromatic carbocycles. The molecule has 0 radical (unpaired) electrons. The van der Waals surface area contributed by atoms with Gasteiger partial charge in [-0.1, -0.05) is 49.4 Å². The van der Waals surface area contributed by atoms with Gasteiger partial charge in [0.15, 0.2) is 0 Å². The fourth-order valence-electron chi connectivity index (χ4n) is 3.41. The van der Waals surface area contributed by atoms with Gasteiger partial charge in [0.25, 0.3) is 0 Å². The van der Waals surface area contributed by atoms with Crippen LogP contribution in [-0.2, 0) is 13.2 Å². The van der Waals surface area contributed by atoms with Crippen molar-refractivity contribution in [3.8, 4) is 5.75 Å². The molecule has 0 amide bonds. The lowest BCUT2D eigenvalue weighted by molar-refractivity contribution is 0.260. The summed E-state index contributed by atoms with van der Waals surface area (Å²) in [7, 11) is 0. The number of rotatable bonds is 8. The van der Waals surface area contributed by atoms with Gasteiger partial charge in [0.05, 0.1) is 0 Å². The van der Waals surface area contributed by atoms with Gasteiger partial charge in [-0.15, -0.1) is 24.8 Å². The Morgan fingerprint density at radius 3 is 2.58 bits per heavy atom. The largest absolute Gasteiger partial charge is 0.489 e. The number of nitrogens with one attached hydrogen (secondary N) is 1. The first-order valence-electron chi connectivity index (χ1n) is 9.05. The van der Waals surface area contributed by atoms with Crippen LogP contribution >= 0.6 is 24.8 Å². The number of likely N-dealkylation sites (tertiary alicyclic amines) is 1. The maximum atomic E-state index is 5.91. The lowest BCUT2D eigenvalue weighted by Crippen LogP contribution is -2.37. The van der Waals surface area contributed by atoms with Crippen molar-refractivity contribution in [2.45, 2.75) is 39.0 Å². The van der Waals surface area contributed by atoms with Crippen LogP contribution < -0.4 is 10.1 Å². The van der Waals surface area contributed by atoms with Crippen molar-refractivity contribution in [1.82, 2.24) is 10.2 Å². The van der Waals surface area contributed by atoms with E-state index in [0.29, 0.717) is 12.6 Å². The normalized spacial score (nSPS) is 16.6. The second-order valence-corrected chi connectivity index (χ2v) is 6.48. The predicted octanol–water partition coefficient (Wildman–Crippen LogP) is 4.68. The van der Waals surface area contributed by atoms with E-state index in [1.165, 1.54) is 30.5 Å². The molecule has 1 unspecified atom stereocenters. The maximum Gasteiger partial charge on any atom is 0.120 e. The molecule has 0 saturated carbocycles. The minimum atomic E-state index is 0. The Kier molecular flexibility index (Phi) is 10.7. The molecule has 2 aromatic rings. The summed E-state index contributed by atoms with van der Waals surface area (Å²) >= 11 is 0. The van der Waals surface area contributed by atoms with Gasteiger partial charge >= 0.3 is 0 Å². The zero-order chi connectivity index (χ0) is 16.6. The Labute approximate surface area is 169 Å². The van der Waals surface area contributed by atoms with Gasteiger partial charge in [-0.25, -0.2) is 0 Å². The molecule has 0 bridgehead atoms. The van der Waals surface area contributed by atoms with Gasteiger partial charge < -0.3 is 10.1 Å². The number of likely N-dealkylation sites (N-methyl/N-ethyl adjacent to an activating group) is 1. The van der Waals surface area contributed by atoms with Crippen LogP contribution in [0, 0.1) is 0 Å². The molecule has 26 heavy (non-hydrogen) atoms. The van der Waals surface area contributed by atoms with Crippen LogP contribution in [0.15, 0.2) is 54.6 Å². The number of benzene rings is 2. The summed E-state index contributed by atoms with van der Waals surface area (Å²) in [6, 6.07) is 19.4. The molecule has 1 fully saturated rings. The lowest BCUT2D eigenvalue weighted by atomic mass is 10.2. The number of halogens is 2. The molecular formula is C21H30Cl2N2O. The van der Waals surface area contributed by atoms with E-state index in [-0.39, 0.29) is 24.8 Å². The van der Waals surface area contributed by atoms with E-state index in [9.17, 15) is 0 Å². The first-order valence-corrected chi connectivity index (χ1v) is 9.05. The van der Waals surface area contributed by atoms with Crippen LogP contribution in [0.3, 0.4) is 0 Å². The van der Waals surface area contributed by atoms with Gasteiger partial charge in [-0.05, 0) is 49.2 Å². The molecule has 1 heterocycles. The van der Waals surface area contributed by atoms with E-state index in [4.69, 9.17) is 4.74 Å². The van der Waals surface area contributed by atoms with E-state index in [2.05, 4.69) is 47.5 Å². The molecule has 3 rings (SSSR count). The Hall–Kier alpha value is -1.26. The highest BCUT2D eigenvalue weighted by molar-refractivity contribution is 5.85. The minimum absolute atomic E-state index is 0. The van der Waals surface area contributed by atoms with E-state index < -0.39 is 0 Å². The summed E-state index contributed by atoms with van der Waals surface area (Å²) in [6.45, 7) is 7.26. The molecule has 1 N–H and O–H groups in total. The summed E-state index contributed by atoms with van der Waals surface area (Å²) in [4.78, 5) is 2.58. The summed E-state index contributed by atoms with van der Waals surface area (Å²) < 4.78 is 5.91. The molecule has 1 saturated heterocycles. The Morgan fingerprint density at radius 1 is 1.04 bits per heavy atom. The van der Waals surface area contributed by atoms with Crippen LogP contribution in [0.25, 0.3) is 0 Å². The number of hydrogen-bond donors (Lipinski definition) is 1. The predicted molar refractivity (Wildman–Crippen MR) is 114 cm³/mol. The summed E-state index contributed by atoms with van der Waals surface area (Å²) in [5, 5.41) is 3.61. The Balaban J connectivity index is 0.00000169. The number of nitrogens with zero attached hydrogens (tertiary/aromatic N) is 1. The third-order valence-electron chi connectivity index (χ3n) is 4.76. The van der Waals surface area contributed by atoms with Crippen molar-refractivity contribution in [3.05, 3.63) is 65.7 Å². The maximum absolute atomic E-state index is 5.91. The van der Waals surface area contributed by atoms with Crippen molar-refractivity contribution >= 4 is 24.8 Å². The van der Waals surface area contributed by atoms with Crippen LogP contribution in [0.5, 0.6) is 5.75 Å². The second kappa shape index (κ2) is 12.2. The average Bonchev–Trinajstić information content (AvgIpc) is 3.09. The highest BCUT2D eigenvalue weighted by atomic mass is 35.5. The van der Waals surface area contributed by atoms with Crippen LogP contribution in [0.1, 0.15) is 30.9 Å². The van der Waals surface area contributed by atoms with Crippen molar-refractivity contribution < 1.29 is 4.74 Å². The first kappa shape index (κ1) is 22.8. The monoisotopic (exact) mass is 396 g/mol. The third-order valence-corrected chi connectivity index (χ3v) is 4.76. The summed E-state index contributed by atoms with van der Waals surface area (Å²) in [5.41, 5.74) is 2.48. The standard InChI is InChI=1S/C21H28N2O.2ClH/c1-2-23-13-7-11-20(23)16-22-15-19-10-6-12-21(14-19)24-17-18-8-4-3-5-9-18;;/h3-6,8-10,12,14,20,22H,2,7,11,13,15-17H2,1H3;2*1H. The Morgan fingerprint density at radius 2 is 1.81 bits per heavy atom. The molecule has 144 valence electrons. The first-order chi connectivity index (χ1) is 11.8. The fraction of sp³-hybridized carbons (Fsp3) is 0.429. The molecule has 0 aliphatic carbocycles. The highest BCUT2D eigenvalue weighted by Crippen LogP contribution is 2.17. The Bertz CT molecular complexity index is 624. The van der Waals surface area contributed by atoms with Gasteiger partial charge in [0.2, 0.25) is 0 Å². The zero-order valence-corrected chi connectivity index (χ0v) is 17.0. The van der Waals surface area contributed by atoms with Gasteiger partial charge in [-0.2, -0.15) is 0 Å². The molecule has 3 nitrogen and oxygen atoms in total. The quantitative estimate of drug-likeness (QED) is 0.700. The second-order valence-electron chi connectivity index (χ2n) is 6.48. The van der Waals surface area contributed by atoms with E-state index in [1.54, 1.807) is 0 Å². The molecular weight excluding hydrogens is 367 g/mol. The molecule has 0 aromatic heterocycles. The minimum Gasteiger partial charge on any atom is -0.489 e. The van der Waals surface area contributed by atoms with Gasteiger partial charge in [-0.3, -0.25) is 4.90 Å². The van der Waals surface area contributed by atoms with Crippen molar-refractivity contribution in [2.24, 2.45) is 0 Å². The van der Waals surface area contributed by atoms with Crippen molar-refractivity contribution in [2.75, 3.05) is 19.6 Å². The van der Waals surface area contributed by atoms with Gasteiger partial charge in [0, 0.05) is 19.1 Å². The highest BCUT2D eigenvalue weighted by Gasteiger charge is 2.21. The number of hydrogen-bond acceptors (Lipinski definition) is 3. The van der Waals surface area contributed by atoms with E-state index in [0.717, 1.165) is 25.4 Å². The molecule has 5 heteroatoms. The number of ether oxygens (including phenoxy) is 1. The fourth-order valence-corrected chi connectivity index (χ4v) is 3.41. The smallest absolute Gasteiger partial charge is 0.120 e. The molecule has 1 aliphatic rings. The van der Waals surface area contributed by atoms with Gasteiger partial charge in [0.1, 0.15) is 12.4 Å². The van der Waals surface area contributed by atoms with Crippen LogP contribution in [-0.4, -0.2) is 30.6 Å². The van der Waals surface area contributed by atoms with Crippen LogP contribution in [0.2, 0.25) is 0 Å². The molecule has 0 spiro atoms. The topological polar surface area (TPSA) is 24.5 Å². The van der Waals surface area contributed by atoms with E-state index >= 15 is 0 Å². The van der Waals surface area contributed by atoms with Crippen molar-refractivity contribution in [1.29, 1.82) is 0 Å². The summed E-state index contributed by atoms with van der Waals surface area (Å²) in [5.74, 6) is 0.939. The summed E-state index contributed by atoms with van der Waals surface area (Å²) in [6.07, 6.45) is 2.66. The SMILES string of the molecule is CCN1CCCC1CNCc1cccc(OCc2ccccc2)c1.Cl.Cl. The van der Waals surface area contributed by atoms with Crippen molar-refractivity contribution in [3.63, 3.8) is 0 Å². The molecule has 1 atom stereocenters. The lowest BCUT2D eigenvalue weighted by Gasteiger charge is -2.23.